The van der Waals surface area contributed by atoms with Crippen LogP contribution in [0.2, 0.25) is 0 Å². The van der Waals surface area contributed by atoms with Crippen LogP contribution in [0.1, 0.15) is 20.3 Å². The van der Waals surface area contributed by atoms with Gasteiger partial charge in [0.25, 0.3) is 0 Å². The number of rotatable bonds is 4. The van der Waals surface area contributed by atoms with E-state index in [1.807, 2.05) is 6.92 Å². The lowest BCUT2D eigenvalue weighted by Crippen LogP contribution is -2.15. The fourth-order valence-corrected chi connectivity index (χ4v) is 1.19. The topological polar surface area (TPSA) is 26.3 Å². The maximum absolute atomic E-state index is 12.5. The molecule has 0 bridgehead atoms. The predicted octanol–water partition coefficient (Wildman–Crippen LogP) is 2.57. The second-order valence-electron chi connectivity index (χ2n) is 3.29. The van der Waals surface area contributed by atoms with Crippen molar-refractivity contribution in [1.29, 1.82) is 0 Å². The van der Waals surface area contributed by atoms with Gasteiger partial charge in [-0.1, -0.05) is 0 Å². The smallest absolute Gasteiger partial charge is 0.133 e. The van der Waals surface area contributed by atoms with E-state index >= 15 is 0 Å². The quantitative estimate of drug-likeness (QED) is 0.739. The van der Waals surface area contributed by atoms with E-state index in [-0.39, 0.29) is 17.7 Å². The fourth-order valence-electron chi connectivity index (χ4n) is 1.19. The van der Waals surface area contributed by atoms with E-state index in [0.717, 1.165) is 0 Å². The molecule has 76 valence electrons. The number of Topliss-reactive ketones (excluding diaryl/α,β-unsaturated/α-hetero) is 1. The molecule has 0 aliphatic carbocycles. The van der Waals surface area contributed by atoms with Crippen LogP contribution in [0.15, 0.2) is 24.3 Å². The fraction of sp³-hybridized carbons (Fsp3) is 0.364. The number of carbonyl (C=O) groups is 1. The molecular formula is C11H13FO2. The molecule has 0 fully saturated rings. The largest absolute Gasteiger partial charge is 0.490 e. The lowest BCUT2D eigenvalue weighted by Gasteiger charge is -2.12. The number of ether oxygens (including phenoxy) is 1. The summed E-state index contributed by atoms with van der Waals surface area (Å²) in [5.41, 5.74) is 0. The number of benzene rings is 1. The van der Waals surface area contributed by atoms with Gasteiger partial charge in [-0.3, -0.25) is 4.79 Å². The van der Waals surface area contributed by atoms with Gasteiger partial charge >= 0.3 is 0 Å². The molecule has 14 heavy (non-hydrogen) atoms. The Morgan fingerprint density at radius 2 is 2.00 bits per heavy atom. The van der Waals surface area contributed by atoms with Crippen LogP contribution in [0.4, 0.5) is 4.39 Å². The Labute approximate surface area is 82.7 Å². The van der Waals surface area contributed by atoms with Crippen molar-refractivity contribution in [1.82, 2.24) is 0 Å². The summed E-state index contributed by atoms with van der Waals surface area (Å²) in [6, 6.07) is 5.75. The summed E-state index contributed by atoms with van der Waals surface area (Å²) in [4.78, 5) is 10.8. The van der Waals surface area contributed by atoms with Gasteiger partial charge in [0.05, 0.1) is 0 Å². The van der Waals surface area contributed by atoms with E-state index in [1.54, 1.807) is 12.1 Å². The molecule has 1 aromatic rings. The summed E-state index contributed by atoms with van der Waals surface area (Å²) in [7, 11) is 0. The zero-order valence-electron chi connectivity index (χ0n) is 8.29. The van der Waals surface area contributed by atoms with E-state index in [1.165, 1.54) is 19.1 Å². The molecule has 1 atom stereocenters. The molecule has 0 saturated carbocycles. The van der Waals surface area contributed by atoms with Gasteiger partial charge in [0.1, 0.15) is 23.5 Å². The van der Waals surface area contributed by atoms with Crippen LogP contribution >= 0.6 is 0 Å². The average Bonchev–Trinajstić information content (AvgIpc) is 2.07. The Hall–Kier alpha value is -1.38. The first-order chi connectivity index (χ1) is 6.58. The van der Waals surface area contributed by atoms with Crippen molar-refractivity contribution in [2.45, 2.75) is 26.4 Å². The summed E-state index contributed by atoms with van der Waals surface area (Å²) in [6.45, 7) is 3.33. The summed E-state index contributed by atoms with van der Waals surface area (Å²) >= 11 is 0. The number of hydrogen-bond donors (Lipinski definition) is 0. The number of carbonyl (C=O) groups excluding carboxylic acids is 1. The van der Waals surface area contributed by atoms with Crippen molar-refractivity contribution in [3.63, 3.8) is 0 Å². The Morgan fingerprint density at radius 3 is 2.50 bits per heavy atom. The molecule has 0 spiro atoms. The highest BCUT2D eigenvalue weighted by atomic mass is 19.1. The highest BCUT2D eigenvalue weighted by Crippen LogP contribution is 2.14. The third kappa shape index (κ3) is 3.56. The maximum Gasteiger partial charge on any atom is 0.133 e. The van der Waals surface area contributed by atoms with Gasteiger partial charge in [0.15, 0.2) is 0 Å². The second kappa shape index (κ2) is 4.74. The first-order valence-corrected chi connectivity index (χ1v) is 4.49. The zero-order valence-corrected chi connectivity index (χ0v) is 8.29. The summed E-state index contributed by atoms with van der Waals surface area (Å²) < 4.78 is 17.9. The standard InChI is InChI=1S/C11H13FO2/c1-8(13)7-9(2)14-11-5-3-10(12)4-6-11/h3-6,9H,7H2,1-2H3. The van der Waals surface area contributed by atoms with Crippen LogP contribution in [0, 0.1) is 5.82 Å². The van der Waals surface area contributed by atoms with Gasteiger partial charge in [-0.15, -0.1) is 0 Å². The highest BCUT2D eigenvalue weighted by molar-refractivity contribution is 5.75. The van der Waals surface area contributed by atoms with Crippen LogP contribution < -0.4 is 4.74 Å². The van der Waals surface area contributed by atoms with Gasteiger partial charge in [-0.05, 0) is 38.1 Å². The summed E-state index contributed by atoms with van der Waals surface area (Å²) in [5.74, 6) is 0.372. The third-order valence-electron chi connectivity index (χ3n) is 1.73. The Balaban J connectivity index is 2.51. The Kier molecular flexibility index (Phi) is 3.63. The van der Waals surface area contributed by atoms with Crippen LogP contribution in [0.25, 0.3) is 0 Å². The number of hydrogen-bond acceptors (Lipinski definition) is 2. The molecule has 1 rings (SSSR count). The van der Waals surface area contributed by atoms with E-state index in [2.05, 4.69) is 0 Å². The maximum atomic E-state index is 12.5. The number of ketones is 1. The molecule has 0 amide bonds. The van der Waals surface area contributed by atoms with Gasteiger partial charge < -0.3 is 4.74 Å². The summed E-state index contributed by atoms with van der Waals surface area (Å²) in [6.07, 6.45) is 0.204. The molecule has 0 radical (unpaired) electrons. The van der Waals surface area contributed by atoms with E-state index in [4.69, 9.17) is 4.74 Å². The van der Waals surface area contributed by atoms with Crippen LogP contribution in [0.3, 0.4) is 0 Å². The molecule has 0 saturated heterocycles. The monoisotopic (exact) mass is 196 g/mol. The molecule has 0 heterocycles. The van der Waals surface area contributed by atoms with E-state index in [9.17, 15) is 9.18 Å². The predicted molar refractivity (Wildman–Crippen MR) is 51.8 cm³/mol. The van der Waals surface area contributed by atoms with Crippen molar-refractivity contribution in [2.24, 2.45) is 0 Å². The Bertz CT molecular complexity index is 306. The molecule has 0 aliphatic rings. The molecule has 0 aliphatic heterocycles. The second-order valence-corrected chi connectivity index (χ2v) is 3.29. The van der Waals surface area contributed by atoms with Gasteiger partial charge in [0, 0.05) is 6.42 Å². The first-order valence-electron chi connectivity index (χ1n) is 4.49. The van der Waals surface area contributed by atoms with Gasteiger partial charge in [0.2, 0.25) is 0 Å². The lowest BCUT2D eigenvalue weighted by molar-refractivity contribution is -0.118. The highest BCUT2D eigenvalue weighted by Gasteiger charge is 2.06. The average molecular weight is 196 g/mol. The van der Waals surface area contributed by atoms with E-state index in [0.29, 0.717) is 12.2 Å². The minimum Gasteiger partial charge on any atom is -0.490 e. The van der Waals surface area contributed by atoms with Crippen molar-refractivity contribution in [2.75, 3.05) is 0 Å². The van der Waals surface area contributed by atoms with Crippen molar-refractivity contribution in [3.8, 4) is 5.75 Å². The minimum atomic E-state index is -0.295. The Morgan fingerprint density at radius 1 is 1.43 bits per heavy atom. The molecule has 1 unspecified atom stereocenters. The minimum absolute atomic E-state index is 0.0830. The molecule has 2 nitrogen and oxygen atoms in total. The molecule has 3 heteroatoms. The van der Waals surface area contributed by atoms with Crippen LogP contribution in [-0.2, 0) is 4.79 Å². The summed E-state index contributed by atoms with van der Waals surface area (Å²) in [5, 5.41) is 0. The molecule has 0 aromatic heterocycles. The van der Waals surface area contributed by atoms with Crippen LogP contribution in [0.5, 0.6) is 5.75 Å². The SMILES string of the molecule is CC(=O)CC(C)Oc1ccc(F)cc1. The number of halogens is 1. The van der Waals surface area contributed by atoms with Crippen molar-refractivity contribution in [3.05, 3.63) is 30.1 Å². The molecule has 0 N–H and O–H groups in total. The van der Waals surface area contributed by atoms with Crippen molar-refractivity contribution < 1.29 is 13.9 Å². The normalized spacial score (nSPS) is 12.2. The zero-order chi connectivity index (χ0) is 10.6. The van der Waals surface area contributed by atoms with Crippen LogP contribution in [-0.4, -0.2) is 11.9 Å². The van der Waals surface area contributed by atoms with Gasteiger partial charge in [-0.25, -0.2) is 4.39 Å². The van der Waals surface area contributed by atoms with E-state index < -0.39 is 0 Å². The third-order valence-corrected chi connectivity index (χ3v) is 1.73. The lowest BCUT2D eigenvalue weighted by atomic mass is 10.2. The first kappa shape index (κ1) is 10.7. The van der Waals surface area contributed by atoms with Gasteiger partial charge in [-0.2, -0.15) is 0 Å². The van der Waals surface area contributed by atoms with Crippen molar-refractivity contribution >= 4 is 5.78 Å². The molecular weight excluding hydrogens is 183 g/mol. The molecule has 1 aromatic carbocycles.